The Kier molecular flexibility index (Phi) is 2.20. The summed E-state index contributed by atoms with van der Waals surface area (Å²) >= 11 is 0. The minimum atomic E-state index is 1.05. The molecule has 0 unspecified atom stereocenters. The largest absolute Gasteiger partial charge is 0.339 e. The lowest BCUT2D eigenvalue weighted by atomic mass is 10.1. The number of fused-ring (bicyclic) bond motifs is 1. The lowest BCUT2D eigenvalue weighted by Crippen LogP contribution is -2.12. The zero-order valence-electron chi connectivity index (χ0n) is 8.75. The fourth-order valence-corrected chi connectivity index (χ4v) is 2.03. The summed E-state index contributed by atoms with van der Waals surface area (Å²) in [5.74, 6) is 6.04. The summed E-state index contributed by atoms with van der Waals surface area (Å²) < 4.78 is 1.83. The van der Waals surface area contributed by atoms with Crippen molar-refractivity contribution < 1.29 is 0 Å². The molecule has 2 N–H and O–H groups in total. The van der Waals surface area contributed by atoms with E-state index < -0.39 is 0 Å². The van der Waals surface area contributed by atoms with Gasteiger partial charge in [-0.3, -0.25) is 4.68 Å². The molecule has 0 saturated carbocycles. The number of aryl methyl sites for hydroxylation is 1. The smallest absolute Gasteiger partial charge is 0.0696 e. The Morgan fingerprint density at radius 2 is 2.00 bits per heavy atom. The van der Waals surface area contributed by atoms with Crippen LogP contribution < -0.4 is 5.84 Å². The van der Waals surface area contributed by atoms with E-state index in [0.29, 0.717) is 0 Å². The fourth-order valence-electron chi connectivity index (χ4n) is 2.03. The van der Waals surface area contributed by atoms with Crippen LogP contribution in [0.15, 0.2) is 24.3 Å². The van der Waals surface area contributed by atoms with Gasteiger partial charge in [0.1, 0.15) is 0 Å². The predicted octanol–water partition coefficient (Wildman–Crippen LogP) is 2.62. The van der Waals surface area contributed by atoms with E-state index in [9.17, 15) is 0 Å². The molecule has 0 fully saturated rings. The quantitative estimate of drug-likeness (QED) is 0.721. The Hall–Kier alpha value is -1.44. The number of hydrogen-bond donors (Lipinski definition) is 1. The summed E-state index contributed by atoms with van der Waals surface area (Å²) in [6, 6.07) is 8.29. The van der Waals surface area contributed by atoms with Crippen molar-refractivity contribution in [3.05, 3.63) is 35.5 Å². The SMILES string of the molecule is CCCc1c(C)c2ccccc2n1N. The predicted molar refractivity (Wildman–Crippen MR) is 60.8 cm³/mol. The Morgan fingerprint density at radius 1 is 1.29 bits per heavy atom. The molecule has 1 aromatic heterocycles. The summed E-state index contributed by atoms with van der Waals surface area (Å²) in [7, 11) is 0. The van der Waals surface area contributed by atoms with Gasteiger partial charge >= 0.3 is 0 Å². The molecule has 0 radical (unpaired) electrons. The number of rotatable bonds is 2. The first-order valence-electron chi connectivity index (χ1n) is 5.09. The highest BCUT2D eigenvalue weighted by Crippen LogP contribution is 2.23. The van der Waals surface area contributed by atoms with Gasteiger partial charge in [0.25, 0.3) is 0 Å². The molecule has 0 spiro atoms. The van der Waals surface area contributed by atoms with Gasteiger partial charge in [0.2, 0.25) is 0 Å². The monoisotopic (exact) mass is 188 g/mol. The first-order valence-corrected chi connectivity index (χ1v) is 5.09. The Balaban J connectivity index is 2.72. The standard InChI is InChI=1S/C12H16N2/c1-3-6-11-9(2)10-7-4-5-8-12(10)14(11)13/h4-5,7-8H,3,6,13H2,1-2H3. The molecule has 2 nitrogen and oxygen atoms in total. The fraction of sp³-hybridized carbons (Fsp3) is 0.333. The molecule has 0 amide bonds. The van der Waals surface area contributed by atoms with Gasteiger partial charge in [0.15, 0.2) is 0 Å². The second kappa shape index (κ2) is 3.37. The molecule has 2 aromatic rings. The van der Waals surface area contributed by atoms with Crippen LogP contribution in [0, 0.1) is 6.92 Å². The number of aromatic nitrogens is 1. The molecular weight excluding hydrogens is 172 g/mol. The van der Waals surface area contributed by atoms with Gasteiger partial charge in [-0.1, -0.05) is 31.5 Å². The zero-order chi connectivity index (χ0) is 10.1. The maximum Gasteiger partial charge on any atom is 0.0696 e. The maximum atomic E-state index is 6.04. The molecule has 2 heteroatoms. The van der Waals surface area contributed by atoms with Crippen LogP contribution in [-0.2, 0) is 6.42 Å². The normalized spacial score (nSPS) is 11.0. The molecule has 0 saturated heterocycles. The topological polar surface area (TPSA) is 30.9 Å². The van der Waals surface area contributed by atoms with Gasteiger partial charge in [-0.05, 0) is 25.0 Å². The summed E-state index contributed by atoms with van der Waals surface area (Å²) in [6.07, 6.45) is 2.19. The highest BCUT2D eigenvalue weighted by atomic mass is 15.3. The van der Waals surface area contributed by atoms with Gasteiger partial charge in [-0.2, -0.15) is 0 Å². The maximum absolute atomic E-state index is 6.04. The van der Waals surface area contributed by atoms with Crippen molar-refractivity contribution in [1.29, 1.82) is 0 Å². The summed E-state index contributed by atoms with van der Waals surface area (Å²) in [4.78, 5) is 0. The number of para-hydroxylation sites is 1. The Labute approximate surface area is 84.3 Å². The molecule has 14 heavy (non-hydrogen) atoms. The van der Waals surface area contributed by atoms with Gasteiger partial charge in [0.05, 0.1) is 5.52 Å². The summed E-state index contributed by atoms with van der Waals surface area (Å²) in [5.41, 5.74) is 3.71. The van der Waals surface area contributed by atoms with E-state index >= 15 is 0 Å². The lowest BCUT2D eigenvalue weighted by Gasteiger charge is -2.02. The molecule has 0 aliphatic carbocycles. The average molecular weight is 188 g/mol. The Morgan fingerprint density at radius 3 is 2.64 bits per heavy atom. The van der Waals surface area contributed by atoms with E-state index in [4.69, 9.17) is 5.84 Å². The van der Waals surface area contributed by atoms with Gasteiger partial charge in [-0.25, -0.2) is 0 Å². The molecule has 0 aliphatic heterocycles. The van der Waals surface area contributed by atoms with Crippen molar-refractivity contribution in [2.45, 2.75) is 26.7 Å². The second-order valence-electron chi connectivity index (χ2n) is 3.71. The zero-order valence-corrected chi connectivity index (χ0v) is 8.75. The number of hydrogen-bond acceptors (Lipinski definition) is 1. The van der Waals surface area contributed by atoms with Crippen molar-refractivity contribution >= 4 is 10.9 Å². The van der Waals surface area contributed by atoms with E-state index in [1.165, 1.54) is 16.6 Å². The van der Waals surface area contributed by atoms with Crippen molar-refractivity contribution in [3.8, 4) is 0 Å². The third-order valence-electron chi connectivity index (χ3n) is 2.78. The lowest BCUT2D eigenvalue weighted by molar-refractivity contribution is 0.828. The first kappa shape index (κ1) is 9.13. The third kappa shape index (κ3) is 1.18. The molecule has 1 aromatic carbocycles. The van der Waals surface area contributed by atoms with Gasteiger partial charge in [-0.15, -0.1) is 0 Å². The van der Waals surface area contributed by atoms with Crippen LogP contribution in [0.25, 0.3) is 10.9 Å². The highest BCUT2D eigenvalue weighted by molar-refractivity contribution is 5.85. The van der Waals surface area contributed by atoms with E-state index in [0.717, 1.165) is 18.4 Å². The van der Waals surface area contributed by atoms with E-state index in [1.54, 1.807) is 0 Å². The average Bonchev–Trinajstić information content (AvgIpc) is 2.45. The van der Waals surface area contributed by atoms with Gasteiger partial charge in [0, 0.05) is 11.1 Å². The number of nitrogens with two attached hydrogens (primary N) is 1. The molecular formula is C12H16N2. The van der Waals surface area contributed by atoms with Crippen LogP contribution in [0.1, 0.15) is 24.6 Å². The molecule has 0 bridgehead atoms. The van der Waals surface area contributed by atoms with Crippen molar-refractivity contribution in [3.63, 3.8) is 0 Å². The van der Waals surface area contributed by atoms with Crippen LogP contribution in [0.3, 0.4) is 0 Å². The molecule has 0 aliphatic rings. The third-order valence-corrected chi connectivity index (χ3v) is 2.78. The summed E-state index contributed by atoms with van der Waals surface area (Å²) in [6.45, 7) is 4.33. The molecule has 1 heterocycles. The minimum Gasteiger partial charge on any atom is -0.339 e. The van der Waals surface area contributed by atoms with Crippen molar-refractivity contribution in [2.24, 2.45) is 0 Å². The van der Waals surface area contributed by atoms with Crippen LogP contribution >= 0.6 is 0 Å². The number of nitrogen functional groups attached to an aromatic ring is 1. The van der Waals surface area contributed by atoms with Gasteiger partial charge < -0.3 is 5.84 Å². The molecule has 2 rings (SSSR count). The van der Waals surface area contributed by atoms with E-state index in [1.807, 2.05) is 10.7 Å². The summed E-state index contributed by atoms with van der Waals surface area (Å²) in [5, 5.41) is 1.28. The minimum absolute atomic E-state index is 1.05. The molecule has 74 valence electrons. The van der Waals surface area contributed by atoms with E-state index in [-0.39, 0.29) is 0 Å². The second-order valence-corrected chi connectivity index (χ2v) is 3.71. The van der Waals surface area contributed by atoms with Crippen LogP contribution in [-0.4, -0.2) is 4.68 Å². The van der Waals surface area contributed by atoms with Crippen LogP contribution in [0.4, 0.5) is 0 Å². The van der Waals surface area contributed by atoms with Crippen LogP contribution in [0.2, 0.25) is 0 Å². The molecule has 0 atom stereocenters. The van der Waals surface area contributed by atoms with Crippen molar-refractivity contribution in [2.75, 3.05) is 5.84 Å². The van der Waals surface area contributed by atoms with Crippen molar-refractivity contribution in [1.82, 2.24) is 4.68 Å². The number of nitrogens with zero attached hydrogens (tertiary/aromatic N) is 1. The van der Waals surface area contributed by atoms with Crippen LogP contribution in [0.5, 0.6) is 0 Å². The highest BCUT2D eigenvalue weighted by Gasteiger charge is 2.10. The first-order chi connectivity index (χ1) is 6.75. The number of benzene rings is 1. The Bertz CT molecular complexity index is 416. The van der Waals surface area contributed by atoms with E-state index in [2.05, 4.69) is 32.0 Å².